The average Bonchev–Trinajstić information content (AvgIpc) is 2.14. The van der Waals surface area contributed by atoms with Crippen molar-refractivity contribution in [1.82, 2.24) is 0 Å². The van der Waals surface area contributed by atoms with Gasteiger partial charge >= 0.3 is 0 Å². The number of benzene rings is 1. The molecule has 0 aliphatic carbocycles. The fraction of sp³-hybridized carbons (Fsp3) is 0.308. The van der Waals surface area contributed by atoms with E-state index in [0.29, 0.717) is 5.69 Å². The SMILES string of the molecule is [C-]#[N+]c1ccc(C#CC(C)(C)O)cc1C. The van der Waals surface area contributed by atoms with Crippen molar-refractivity contribution >= 4 is 5.69 Å². The average molecular weight is 199 g/mol. The molecule has 1 aromatic rings. The van der Waals surface area contributed by atoms with Gasteiger partial charge in [0, 0.05) is 5.56 Å². The lowest BCUT2D eigenvalue weighted by molar-refractivity contribution is 0.143. The predicted molar refractivity (Wildman–Crippen MR) is 60.6 cm³/mol. The van der Waals surface area contributed by atoms with Crippen LogP contribution in [0.4, 0.5) is 5.69 Å². The van der Waals surface area contributed by atoms with E-state index in [-0.39, 0.29) is 0 Å². The van der Waals surface area contributed by atoms with E-state index in [0.717, 1.165) is 11.1 Å². The van der Waals surface area contributed by atoms with Crippen LogP contribution in [-0.4, -0.2) is 10.7 Å². The van der Waals surface area contributed by atoms with Gasteiger partial charge in [-0.25, -0.2) is 4.85 Å². The lowest BCUT2D eigenvalue weighted by atomic mass is 10.1. The molecule has 0 fully saturated rings. The number of aliphatic hydroxyl groups is 1. The molecule has 0 saturated carbocycles. The largest absolute Gasteiger partial charge is 0.378 e. The highest BCUT2D eigenvalue weighted by molar-refractivity contribution is 5.55. The van der Waals surface area contributed by atoms with Crippen molar-refractivity contribution < 1.29 is 5.11 Å². The molecule has 0 aliphatic heterocycles. The topological polar surface area (TPSA) is 24.6 Å². The molecule has 0 atom stereocenters. The van der Waals surface area contributed by atoms with Crippen molar-refractivity contribution in [2.24, 2.45) is 0 Å². The van der Waals surface area contributed by atoms with E-state index in [1.807, 2.05) is 13.0 Å². The summed E-state index contributed by atoms with van der Waals surface area (Å²) in [5.74, 6) is 5.60. The summed E-state index contributed by atoms with van der Waals surface area (Å²) in [4.78, 5) is 3.37. The minimum absolute atomic E-state index is 0.642. The van der Waals surface area contributed by atoms with E-state index in [1.165, 1.54) is 0 Å². The molecule has 0 heterocycles. The Hall–Kier alpha value is -1.77. The molecule has 2 nitrogen and oxygen atoms in total. The van der Waals surface area contributed by atoms with Crippen molar-refractivity contribution in [3.05, 3.63) is 40.7 Å². The first kappa shape index (κ1) is 11.3. The third kappa shape index (κ3) is 3.46. The lowest BCUT2D eigenvalue weighted by Gasteiger charge is -2.06. The Balaban J connectivity index is 3.04. The Labute approximate surface area is 90.4 Å². The Morgan fingerprint density at radius 3 is 2.53 bits per heavy atom. The molecule has 1 aromatic carbocycles. The van der Waals surface area contributed by atoms with Gasteiger partial charge in [0.05, 0.1) is 6.57 Å². The first-order valence-corrected chi connectivity index (χ1v) is 4.66. The summed E-state index contributed by atoms with van der Waals surface area (Å²) in [6.45, 7) is 12.1. The maximum atomic E-state index is 9.43. The van der Waals surface area contributed by atoms with E-state index in [9.17, 15) is 5.11 Å². The molecular formula is C13H13NO. The summed E-state index contributed by atoms with van der Waals surface area (Å²) in [7, 11) is 0. The minimum Gasteiger partial charge on any atom is -0.378 e. The number of hydrogen-bond acceptors (Lipinski definition) is 1. The summed E-state index contributed by atoms with van der Waals surface area (Å²) in [6, 6.07) is 5.39. The van der Waals surface area contributed by atoms with Gasteiger partial charge in [0.1, 0.15) is 5.60 Å². The quantitative estimate of drug-likeness (QED) is 0.504. The fourth-order valence-electron chi connectivity index (χ4n) is 1.08. The number of nitrogens with zero attached hydrogens (tertiary/aromatic N) is 1. The molecule has 0 unspecified atom stereocenters. The Morgan fingerprint density at radius 1 is 1.40 bits per heavy atom. The van der Waals surface area contributed by atoms with E-state index < -0.39 is 5.60 Å². The zero-order valence-corrected chi connectivity index (χ0v) is 9.13. The van der Waals surface area contributed by atoms with Gasteiger partial charge in [0.15, 0.2) is 5.69 Å². The molecule has 2 heteroatoms. The third-order valence-electron chi connectivity index (χ3n) is 1.83. The number of rotatable bonds is 0. The molecule has 0 spiro atoms. The summed E-state index contributed by atoms with van der Waals surface area (Å²) >= 11 is 0. The van der Waals surface area contributed by atoms with Crippen LogP contribution in [0.1, 0.15) is 25.0 Å². The van der Waals surface area contributed by atoms with Crippen molar-refractivity contribution in [2.75, 3.05) is 0 Å². The first-order valence-electron chi connectivity index (χ1n) is 4.66. The summed E-state index contributed by atoms with van der Waals surface area (Å²) in [5, 5.41) is 9.43. The second-order valence-electron chi connectivity index (χ2n) is 3.92. The van der Waals surface area contributed by atoms with E-state index in [2.05, 4.69) is 16.7 Å². The van der Waals surface area contributed by atoms with Gasteiger partial charge in [-0.1, -0.05) is 30.0 Å². The second-order valence-corrected chi connectivity index (χ2v) is 3.92. The van der Waals surface area contributed by atoms with Gasteiger partial charge < -0.3 is 5.11 Å². The molecule has 76 valence electrons. The second kappa shape index (κ2) is 4.17. The molecule has 0 bridgehead atoms. The van der Waals surface area contributed by atoms with Crippen LogP contribution >= 0.6 is 0 Å². The standard InChI is InChI=1S/C13H13NO/c1-10-9-11(5-6-12(10)14-4)7-8-13(2,3)15/h5-6,9,15H,1-3H3. The first-order chi connectivity index (χ1) is 6.92. The molecule has 1 rings (SSSR count). The van der Waals surface area contributed by atoms with Crippen LogP contribution < -0.4 is 0 Å². The predicted octanol–water partition coefficient (Wildman–Crippen LogP) is 2.67. The molecule has 0 saturated heterocycles. The van der Waals surface area contributed by atoms with Crippen molar-refractivity contribution in [2.45, 2.75) is 26.4 Å². The molecular weight excluding hydrogens is 186 g/mol. The van der Waals surface area contributed by atoms with E-state index in [1.54, 1.807) is 26.0 Å². The molecule has 0 aliphatic rings. The van der Waals surface area contributed by atoms with Crippen LogP contribution in [0.3, 0.4) is 0 Å². The van der Waals surface area contributed by atoms with Crippen molar-refractivity contribution in [3.63, 3.8) is 0 Å². The van der Waals surface area contributed by atoms with Crippen LogP contribution in [-0.2, 0) is 0 Å². The zero-order chi connectivity index (χ0) is 11.5. The van der Waals surface area contributed by atoms with Crippen LogP contribution in [0.15, 0.2) is 18.2 Å². The van der Waals surface area contributed by atoms with Gasteiger partial charge in [-0.05, 0) is 26.3 Å². The Morgan fingerprint density at radius 2 is 2.07 bits per heavy atom. The van der Waals surface area contributed by atoms with Gasteiger partial charge in [-0.3, -0.25) is 0 Å². The Bertz CT molecular complexity index is 464. The third-order valence-corrected chi connectivity index (χ3v) is 1.83. The van der Waals surface area contributed by atoms with Crippen LogP contribution in [0.5, 0.6) is 0 Å². The highest BCUT2D eigenvalue weighted by Crippen LogP contribution is 2.18. The van der Waals surface area contributed by atoms with Gasteiger partial charge in [-0.2, -0.15) is 0 Å². The van der Waals surface area contributed by atoms with Crippen LogP contribution in [0.25, 0.3) is 4.85 Å². The lowest BCUT2D eigenvalue weighted by Crippen LogP contribution is -2.14. The summed E-state index contributed by atoms with van der Waals surface area (Å²) in [5.41, 5.74) is 1.39. The highest BCUT2D eigenvalue weighted by Gasteiger charge is 2.05. The summed E-state index contributed by atoms with van der Waals surface area (Å²) < 4.78 is 0. The van der Waals surface area contributed by atoms with Crippen LogP contribution in [0, 0.1) is 25.3 Å². The fourth-order valence-corrected chi connectivity index (χ4v) is 1.08. The van der Waals surface area contributed by atoms with E-state index >= 15 is 0 Å². The number of aryl methyl sites for hydroxylation is 1. The molecule has 15 heavy (non-hydrogen) atoms. The van der Waals surface area contributed by atoms with Gasteiger partial charge in [0.2, 0.25) is 0 Å². The zero-order valence-electron chi connectivity index (χ0n) is 9.13. The van der Waals surface area contributed by atoms with Crippen molar-refractivity contribution in [1.29, 1.82) is 0 Å². The van der Waals surface area contributed by atoms with Crippen molar-refractivity contribution in [3.8, 4) is 11.8 Å². The minimum atomic E-state index is -0.980. The smallest absolute Gasteiger partial charge is 0.190 e. The van der Waals surface area contributed by atoms with Crippen LogP contribution in [0.2, 0.25) is 0 Å². The monoisotopic (exact) mass is 199 g/mol. The molecule has 0 amide bonds. The maximum absolute atomic E-state index is 9.43. The normalized spacial score (nSPS) is 10.1. The number of hydrogen-bond donors (Lipinski definition) is 1. The molecule has 1 N–H and O–H groups in total. The van der Waals surface area contributed by atoms with E-state index in [4.69, 9.17) is 6.57 Å². The summed E-state index contributed by atoms with van der Waals surface area (Å²) in [6.07, 6.45) is 0. The maximum Gasteiger partial charge on any atom is 0.190 e. The van der Waals surface area contributed by atoms with Gasteiger partial charge in [0.25, 0.3) is 0 Å². The molecule has 0 radical (unpaired) electrons. The highest BCUT2D eigenvalue weighted by atomic mass is 16.3. The molecule has 0 aromatic heterocycles. The Kier molecular flexibility index (Phi) is 3.14. The van der Waals surface area contributed by atoms with Gasteiger partial charge in [-0.15, -0.1) is 0 Å².